The van der Waals surface area contributed by atoms with Crippen LogP contribution in [0.2, 0.25) is 0 Å². The van der Waals surface area contributed by atoms with Gasteiger partial charge in [-0.15, -0.1) is 11.3 Å². The van der Waals surface area contributed by atoms with E-state index in [1.165, 1.54) is 11.3 Å². The fraction of sp³-hybridized carbons (Fsp3) is 0.429. The number of nitrogens with zero attached hydrogens (tertiary/aromatic N) is 2. The maximum Gasteiger partial charge on any atom is 0.266 e. The Bertz CT molecular complexity index is 636. The van der Waals surface area contributed by atoms with Gasteiger partial charge in [0.05, 0.1) is 12.3 Å². The molecular formula is C14H17N3O2S. The molecule has 1 fully saturated rings. The standard InChI is InChI=1S/C14H17N3O2S/c1-19-8-7-17(9-4-5-9)14(18)12-11(15)10-3-2-6-16-13(10)20-12/h2-3,6,9H,4-5,7-8,15H2,1H3. The number of anilines is 1. The first-order valence-electron chi connectivity index (χ1n) is 6.65. The minimum atomic E-state index is 0.00468. The van der Waals surface area contributed by atoms with Crippen LogP contribution < -0.4 is 5.73 Å². The highest BCUT2D eigenvalue weighted by Crippen LogP contribution is 2.35. The van der Waals surface area contributed by atoms with E-state index >= 15 is 0 Å². The van der Waals surface area contributed by atoms with E-state index in [9.17, 15) is 4.79 Å². The molecule has 3 rings (SSSR count). The number of carbonyl (C=O) groups is 1. The summed E-state index contributed by atoms with van der Waals surface area (Å²) in [7, 11) is 1.65. The molecule has 0 bridgehead atoms. The van der Waals surface area contributed by atoms with E-state index in [2.05, 4.69) is 4.98 Å². The Labute approximate surface area is 121 Å². The number of nitrogen functional groups attached to an aromatic ring is 1. The summed E-state index contributed by atoms with van der Waals surface area (Å²) in [4.78, 5) is 20.3. The van der Waals surface area contributed by atoms with Gasteiger partial charge >= 0.3 is 0 Å². The number of rotatable bonds is 5. The zero-order valence-corrected chi connectivity index (χ0v) is 12.2. The number of methoxy groups -OCH3 is 1. The Kier molecular flexibility index (Phi) is 3.58. The zero-order valence-electron chi connectivity index (χ0n) is 11.3. The third-order valence-corrected chi connectivity index (χ3v) is 4.60. The quantitative estimate of drug-likeness (QED) is 0.916. The number of amides is 1. The van der Waals surface area contributed by atoms with Gasteiger partial charge in [-0.25, -0.2) is 4.98 Å². The maximum absolute atomic E-state index is 12.7. The van der Waals surface area contributed by atoms with E-state index in [0.717, 1.165) is 23.1 Å². The van der Waals surface area contributed by atoms with Crippen molar-refractivity contribution in [1.82, 2.24) is 9.88 Å². The molecule has 0 radical (unpaired) electrons. The van der Waals surface area contributed by atoms with Gasteiger partial charge in [0.2, 0.25) is 0 Å². The number of ether oxygens (including phenoxy) is 1. The van der Waals surface area contributed by atoms with Crippen molar-refractivity contribution in [2.45, 2.75) is 18.9 Å². The lowest BCUT2D eigenvalue weighted by molar-refractivity contribution is 0.0686. The fourth-order valence-electron chi connectivity index (χ4n) is 2.27. The smallest absolute Gasteiger partial charge is 0.266 e. The summed E-state index contributed by atoms with van der Waals surface area (Å²) in [6.07, 6.45) is 3.85. The number of carbonyl (C=O) groups excluding carboxylic acids is 1. The second-order valence-corrected chi connectivity index (χ2v) is 5.92. The number of hydrogen-bond acceptors (Lipinski definition) is 5. The average molecular weight is 291 g/mol. The Morgan fingerprint density at radius 3 is 3.05 bits per heavy atom. The summed E-state index contributed by atoms with van der Waals surface area (Å²) in [6, 6.07) is 4.08. The summed E-state index contributed by atoms with van der Waals surface area (Å²) >= 11 is 1.37. The lowest BCUT2D eigenvalue weighted by atomic mass is 10.2. The molecule has 5 nitrogen and oxygen atoms in total. The molecule has 106 valence electrons. The first-order valence-corrected chi connectivity index (χ1v) is 7.47. The molecule has 2 aromatic rings. The first-order chi connectivity index (χ1) is 9.72. The van der Waals surface area contributed by atoms with Gasteiger partial charge in [0.25, 0.3) is 5.91 Å². The van der Waals surface area contributed by atoms with Crippen molar-refractivity contribution >= 4 is 33.1 Å². The molecule has 20 heavy (non-hydrogen) atoms. The molecule has 1 aliphatic rings. The lowest BCUT2D eigenvalue weighted by Crippen LogP contribution is -2.35. The number of nitrogens with two attached hydrogens (primary N) is 1. The van der Waals surface area contributed by atoms with Gasteiger partial charge in [-0.3, -0.25) is 4.79 Å². The van der Waals surface area contributed by atoms with Gasteiger partial charge in [-0.2, -0.15) is 0 Å². The highest BCUT2D eigenvalue weighted by Gasteiger charge is 2.34. The fourth-order valence-corrected chi connectivity index (χ4v) is 3.29. The minimum absolute atomic E-state index is 0.00468. The Morgan fingerprint density at radius 1 is 1.60 bits per heavy atom. The van der Waals surface area contributed by atoms with Crippen molar-refractivity contribution in [3.63, 3.8) is 0 Å². The first kappa shape index (κ1) is 13.3. The molecule has 2 N–H and O–H groups in total. The molecule has 0 unspecified atom stereocenters. The SMILES string of the molecule is COCCN(C(=O)c1sc2ncccc2c1N)C1CC1. The molecule has 0 aliphatic heterocycles. The lowest BCUT2D eigenvalue weighted by Gasteiger charge is -2.21. The molecule has 2 heterocycles. The number of fused-ring (bicyclic) bond motifs is 1. The monoisotopic (exact) mass is 291 g/mol. The number of pyridine rings is 1. The maximum atomic E-state index is 12.7. The van der Waals surface area contributed by atoms with Crippen LogP contribution in [0.1, 0.15) is 22.5 Å². The van der Waals surface area contributed by atoms with E-state index in [0.29, 0.717) is 29.8 Å². The van der Waals surface area contributed by atoms with Crippen molar-refractivity contribution < 1.29 is 9.53 Å². The second-order valence-electron chi connectivity index (χ2n) is 4.92. The molecule has 0 saturated heterocycles. The van der Waals surface area contributed by atoms with Crippen molar-refractivity contribution in [2.24, 2.45) is 0 Å². The van der Waals surface area contributed by atoms with Crippen LogP contribution in [-0.4, -0.2) is 42.1 Å². The largest absolute Gasteiger partial charge is 0.397 e. The number of aromatic nitrogens is 1. The van der Waals surface area contributed by atoms with Crippen molar-refractivity contribution in [2.75, 3.05) is 26.0 Å². The summed E-state index contributed by atoms with van der Waals surface area (Å²) in [5, 5.41) is 0.864. The Balaban J connectivity index is 1.92. The van der Waals surface area contributed by atoms with Crippen molar-refractivity contribution in [3.8, 4) is 0 Å². The summed E-state index contributed by atoms with van der Waals surface area (Å²) in [5.74, 6) is 0.00468. The van der Waals surface area contributed by atoms with Crippen LogP contribution in [0.5, 0.6) is 0 Å². The molecular weight excluding hydrogens is 274 g/mol. The summed E-state index contributed by atoms with van der Waals surface area (Å²) in [6.45, 7) is 1.16. The van der Waals surface area contributed by atoms with Crippen molar-refractivity contribution in [3.05, 3.63) is 23.2 Å². The highest BCUT2D eigenvalue weighted by atomic mass is 32.1. The van der Waals surface area contributed by atoms with E-state index in [4.69, 9.17) is 10.5 Å². The van der Waals surface area contributed by atoms with Crippen LogP contribution in [0.4, 0.5) is 5.69 Å². The topological polar surface area (TPSA) is 68.5 Å². The van der Waals surface area contributed by atoms with Gasteiger partial charge in [-0.05, 0) is 25.0 Å². The van der Waals surface area contributed by atoms with Crippen LogP contribution in [-0.2, 0) is 4.74 Å². The van der Waals surface area contributed by atoms with Gasteiger partial charge in [0.1, 0.15) is 9.71 Å². The molecule has 0 aromatic carbocycles. The third-order valence-electron chi connectivity index (χ3n) is 3.48. The number of thiophene rings is 1. The van der Waals surface area contributed by atoms with Crippen LogP contribution in [0.25, 0.3) is 10.2 Å². The zero-order chi connectivity index (χ0) is 14.1. The molecule has 6 heteroatoms. The number of hydrogen-bond donors (Lipinski definition) is 1. The normalized spacial score (nSPS) is 14.7. The molecule has 1 aliphatic carbocycles. The Hall–Kier alpha value is -1.66. The Morgan fingerprint density at radius 2 is 2.40 bits per heavy atom. The van der Waals surface area contributed by atoms with Gasteiger partial charge < -0.3 is 15.4 Å². The molecule has 2 aromatic heterocycles. The predicted molar refractivity (Wildman–Crippen MR) is 80.0 cm³/mol. The molecule has 0 spiro atoms. The van der Waals surface area contributed by atoms with Crippen LogP contribution in [0.3, 0.4) is 0 Å². The average Bonchev–Trinajstić information content (AvgIpc) is 3.24. The molecule has 1 amide bonds. The second kappa shape index (κ2) is 5.38. The summed E-state index contributed by atoms with van der Waals surface area (Å²) in [5.41, 5.74) is 6.67. The van der Waals surface area contributed by atoms with Gasteiger partial charge in [0.15, 0.2) is 0 Å². The third kappa shape index (κ3) is 2.36. The minimum Gasteiger partial charge on any atom is -0.397 e. The van der Waals surface area contributed by atoms with Gasteiger partial charge in [-0.1, -0.05) is 0 Å². The predicted octanol–water partition coefficient (Wildman–Crippen LogP) is 2.13. The molecule has 0 atom stereocenters. The molecule has 1 saturated carbocycles. The van der Waals surface area contributed by atoms with E-state index in [1.54, 1.807) is 13.3 Å². The highest BCUT2D eigenvalue weighted by molar-refractivity contribution is 7.21. The van der Waals surface area contributed by atoms with E-state index in [-0.39, 0.29) is 5.91 Å². The van der Waals surface area contributed by atoms with Gasteiger partial charge in [0, 0.05) is 31.3 Å². The van der Waals surface area contributed by atoms with E-state index < -0.39 is 0 Å². The van der Waals surface area contributed by atoms with Crippen molar-refractivity contribution in [1.29, 1.82) is 0 Å². The van der Waals surface area contributed by atoms with Crippen LogP contribution in [0.15, 0.2) is 18.3 Å². The summed E-state index contributed by atoms with van der Waals surface area (Å²) < 4.78 is 5.09. The van der Waals surface area contributed by atoms with Crippen LogP contribution in [0, 0.1) is 0 Å². The van der Waals surface area contributed by atoms with Crippen LogP contribution >= 0.6 is 11.3 Å². The van der Waals surface area contributed by atoms with E-state index in [1.807, 2.05) is 17.0 Å².